The summed E-state index contributed by atoms with van der Waals surface area (Å²) in [5, 5.41) is 5.74. The highest BCUT2D eigenvalue weighted by atomic mass is 16.5. The van der Waals surface area contributed by atoms with E-state index in [1.807, 2.05) is 32.0 Å². The summed E-state index contributed by atoms with van der Waals surface area (Å²) in [6.07, 6.45) is 1.97. The summed E-state index contributed by atoms with van der Waals surface area (Å²) in [6, 6.07) is 12.1. The van der Waals surface area contributed by atoms with Crippen molar-refractivity contribution < 1.29 is 23.9 Å². The lowest BCUT2D eigenvalue weighted by atomic mass is 9.96. The number of amides is 2. The molecule has 2 amide bonds. The topological polar surface area (TPSA) is 93.7 Å². The van der Waals surface area contributed by atoms with Crippen molar-refractivity contribution in [1.82, 2.24) is 5.32 Å². The predicted octanol–water partition coefficient (Wildman–Crippen LogP) is 4.32. The molecule has 1 unspecified atom stereocenters. The molecular weight excluding hydrogens is 432 g/mol. The van der Waals surface area contributed by atoms with E-state index in [1.54, 1.807) is 0 Å². The third kappa shape index (κ3) is 6.90. The van der Waals surface area contributed by atoms with Crippen molar-refractivity contribution in [2.45, 2.75) is 52.4 Å². The number of hydrogen-bond acceptors (Lipinski definition) is 5. The first-order valence-corrected chi connectivity index (χ1v) is 11.9. The summed E-state index contributed by atoms with van der Waals surface area (Å²) >= 11 is 0. The second-order valence-corrected chi connectivity index (χ2v) is 8.61. The van der Waals surface area contributed by atoms with Gasteiger partial charge in [-0.15, -0.1) is 0 Å². The van der Waals surface area contributed by atoms with E-state index >= 15 is 0 Å². The molecule has 7 nitrogen and oxygen atoms in total. The van der Waals surface area contributed by atoms with Gasteiger partial charge >= 0.3 is 5.97 Å². The van der Waals surface area contributed by atoms with Crippen LogP contribution < -0.4 is 10.6 Å². The number of benzene rings is 2. The van der Waals surface area contributed by atoms with Crippen LogP contribution in [-0.4, -0.2) is 44.1 Å². The van der Waals surface area contributed by atoms with E-state index in [2.05, 4.69) is 28.8 Å². The van der Waals surface area contributed by atoms with Crippen molar-refractivity contribution in [1.29, 1.82) is 0 Å². The molecule has 0 fully saturated rings. The molecule has 0 aromatic heterocycles. The molecule has 1 aliphatic rings. The Morgan fingerprint density at radius 3 is 2.38 bits per heavy atom. The van der Waals surface area contributed by atoms with Crippen molar-refractivity contribution in [2.75, 3.05) is 31.7 Å². The molecule has 0 heterocycles. The Morgan fingerprint density at radius 1 is 0.941 bits per heavy atom. The van der Waals surface area contributed by atoms with Gasteiger partial charge in [-0.1, -0.05) is 36.8 Å². The predicted molar refractivity (Wildman–Crippen MR) is 132 cm³/mol. The molecule has 0 saturated carbocycles. The van der Waals surface area contributed by atoms with E-state index in [0.29, 0.717) is 38.3 Å². The van der Waals surface area contributed by atoms with Crippen LogP contribution in [0.1, 0.15) is 62.1 Å². The Bertz CT molecular complexity index is 1030. The van der Waals surface area contributed by atoms with Gasteiger partial charge in [-0.05, 0) is 54.2 Å². The van der Waals surface area contributed by atoms with Gasteiger partial charge in [0.15, 0.2) is 0 Å². The van der Waals surface area contributed by atoms with Crippen LogP contribution in [0.25, 0.3) is 11.1 Å². The van der Waals surface area contributed by atoms with E-state index < -0.39 is 0 Å². The van der Waals surface area contributed by atoms with Crippen LogP contribution in [0.15, 0.2) is 36.4 Å². The minimum absolute atomic E-state index is 0.0735. The molecular formula is C27H34N2O5. The van der Waals surface area contributed by atoms with E-state index in [4.69, 9.17) is 9.47 Å². The first kappa shape index (κ1) is 25.4. The zero-order valence-electron chi connectivity index (χ0n) is 20.2. The third-order valence-corrected chi connectivity index (χ3v) is 5.76. The molecule has 3 rings (SSSR count). The normalized spacial score (nSPS) is 13.7. The monoisotopic (exact) mass is 466 g/mol. The molecule has 7 heteroatoms. The molecule has 0 spiro atoms. The number of fused-ring (bicyclic) bond motifs is 3. The average molecular weight is 467 g/mol. The standard InChI is InChI=1S/C27H34N2O5/c1-4-13-33-14-12-28-26(31)6-5-7-27(32)29-20-9-11-22-21-10-8-18(2)15-23(21)25(24(22)16-20)17-34-19(3)30/h8-11,15-16,25H,4-7,12-14,17H2,1-3H3,(H,28,31)(H,29,32). The number of hydrogen-bond donors (Lipinski definition) is 2. The lowest BCUT2D eigenvalue weighted by molar-refractivity contribution is -0.141. The minimum Gasteiger partial charge on any atom is -0.465 e. The van der Waals surface area contributed by atoms with Crippen molar-refractivity contribution >= 4 is 23.5 Å². The number of aryl methyl sites for hydroxylation is 1. The van der Waals surface area contributed by atoms with Crippen LogP contribution in [0, 0.1) is 6.92 Å². The molecule has 34 heavy (non-hydrogen) atoms. The number of ether oxygens (including phenoxy) is 2. The number of rotatable bonds is 12. The SMILES string of the molecule is CCCOCCNC(=O)CCCC(=O)Nc1ccc2c(c1)C(COC(C)=O)c1cc(C)ccc1-2. The summed E-state index contributed by atoms with van der Waals surface area (Å²) < 4.78 is 10.7. The fraction of sp³-hybridized carbons (Fsp3) is 0.444. The molecule has 1 atom stereocenters. The summed E-state index contributed by atoms with van der Waals surface area (Å²) in [4.78, 5) is 35.8. The summed E-state index contributed by atoms with van der Waals surface area (Å²) in [6.45, 7) is 7.41. The van der Waals surface area contributed by atoms with Crippen LogP contribution in [0.2, 0.25) is 0 Å². The molecule has 2 aromatic rings. The second kappa shape index (κ2) is 12.3. The Kier molecular flexibility index (Phi) is 9.22. The lowest BCUT2D eigenvalue weighted by Gasteiger charge is -2.15. The summed E-state index contributed by atoms with van der Waals surface area (Å²) in [7, 11) is 0. The maximum absolute atomic E-state index is 12.5. The van der Waals surface area contributed by atoms with Crippen LogP contribution in [0.4, 0.5) is 5.69 Å². The van der Waals surface area contributed by atoms with Crippen molar-refractivity contribution in [3.05, 3.63) is 53.1 Å². The molecule has 0 bridgehead atoms. The van der Waals surface area contributed by atoms with Gasteiger partial charge in [-0.3, -0.25) is 14.4 Å². The van der Waals surface area contributed by atoms with Gasteiger partial charge in [-0.2, -0.15) is 0 Å². The smallest absolute Gasteiger partial charge is 0.302 e. The van der Waals surface area contributed by atoms with Crippen molar-refractivity contribution in [3.8, 4) is 11.1 Å². The van der Waals surface area contributed by atoms with E-state index in [-0.39, 0.29) is 36.7 Å². The number of carbonyl (C=O) groups excluding carboxylic acids is 3. The van der Waals surface area contributed by atoms with Gasteiger partial charge in [0.25, 0.3) is 0 Å². The fourth-order valence-corrected chi connectivity index (χ4v) is 4.17. The van der Waals surface area contributed by atoms with Crippen LogP contribution in [-0.2, 0) is 23.9 Å². The maximum Gasteiger partial charge on any atom is 0.302 e. The second-order valence-electron chi connectivity index (χ2n) is 8.61. The Morgan fingerprint density at radius 2 is 1.65 bits per heavy atom. The Labute approximate surface area is 201 Å². The third-order valence-electron chi connectivity index (χ3n) is 5.76. The molecule has 0 saturated heterocycles. The average Bonchev–Trinajstić information content (AvgIpc) is 3.09. The van der Waals surface area contributed by atoms with Crippen LogP contribution >= 0.6 is 0 Å². The largest absolute Gasteiger partial charge is 0.465 e. The summed E-state index contributed by atoms with van der Waals surface area (Å²) in [5.41, 5.74) is 6.21. The summed E-state index contributed by atoms with van der Waals surface area (Å²) in [5.74, 6) is -0.603. The quantitative estimate of drug-likeness (QED) is 0.359. The van der Waals surface area contributed by atoms with Gasteiger partial charge < -0.3 is 20.1 Å². The van der Waals surface area contributed by atoms with Crippen LogP contribution in [0.3, 0.4) is 0 Å². The first-order valence-electron chi connectivity index (χ1n) is 11.9. The maximum atomic E-state index is 12.5. The zero-order chi connectivity index (χ0) is 24.5. The number of anilines is 1. The minimum atomic E-state index is -0.315. The van der Waals surface area contributed by atoms with Gasteiger partial charge in [-0.25, -0.2) is 0 Å². The Balaban J connectivity index is 1.56. The molecule has 2 N–H and O–H groups in total. The highest BCUT2D eigenvalue weighted by molar-refractivity contribution is 5.92. The highest BCUT2D eigenvalue weighted by Crippen LogP contribution is 2.46. The number of carbonyl (C=O) groups is 3. The van der Waals surface area contributed by atoms with Crippen LogP contribution in [0.5, 0.6) is 0 Å². The lowest BCUT2D eigenvalue weighted by Crippen LogP contribution is -2.27. The van der Waals surface area contributed by atoms with Gasteiger partial charge in [0.1, 0.15) is 6.61 Å². The van der Waals surface area contributed by atoms with Gasteiger partial charge in [0, 0.05) is 44.5 Å². The van der Waals surface area contributed by atoms with E-state index in [1.165, 1.54) is 6.92 Å². The molecule has 1 aliphatic carbocycles. The van der Waals surface area contributed by atoms with E-state index in [0.717, 1.165) is 34.2 Å². The first-order chi connectivity index (χ1) is 16.4. The van der Waals surface area contributed by atoms with Gasteiger partial charge in [0.2, 0.25) is 11.8 Å². The zero-order valence-corrected chi connectivity index (χ0v) is 20.2. The van der Waals surface area contributed by atoms with Gasteiger partial charge in [0.05, 0.1) is 6.61 Å². The van der Waals surface area contributed by atoms with Crippen molar-refractivity contribution in [3.63, 3.8) is 0 Å². The molecule has 0 radical (unpaired) electrons. The molecule has 0 aliphatic heterocycles. The molecule has 2 aromatic carbocycles. The van der Waals surface area contributed by atoms with Crippen molar-refractivity contribution in [2.24, 2.45) is 0 Å². The molecule has 182 valence electrons. The highest BCUT2D eigenvalue weighted by Gasteiger charge is 2.30. The number of esters is 1. The fourth-order valence-electron chi connectivity index (χ4n) is 4.17. The van der Waals surface area contributed by atoms with E-state index in [9.17, 15) is 14.4 Å². The Hall–Kier alpha value is -3.19. The number of nitrogens with one attached hydrogen (secondary N) is 2.